The molecule has 0 unspecified atom stereocenters. The predicted octanol–water partition coefficient (Wildman–Crippen LogP) is 3.21. The van der Waals surface area contributed by atoms with Gasteiger partial charge in [0.15, 0.2) is 0 Å². The van der Waals surface area contributed by atoms with Crippen LogP contribution in [0.15, 0.2) is 23.1 Å². The minimum absolute atomic E-state index is 0.0161. The smallest absolute Gasteiger partial charge is 0.243 e. The first-order valence-electron chi connectivity index (χ1n) is 10.6. The third-order valence-electron chi connectivity index (χ3n) is 6.48. The standard InChI is InChI=1S/C21H31ClFN3O3S/c1-15(2)25-10-12-26(13-11-25)21(27)16-4-6-17(7-5-16)24(3)30(28,29)18-8-9-20(23)19(22)14-18/h8-9,14-17H,4-7,10-13H2,1-3H3. The van der Waals surface area contributed by atoms with Crippen LogP contribution in [-0.2, 0) is 14.8 Å². The average Bonchev–Trinajstić information content (AvgIpc) is 2.74. The lowest BCUT2D eigenvalue weighted by atomic mass is 9.85. The van der Waals surface area contributed by atoms with Crippen molar-refractivity contribution >= 4 is 27.5 Å². The Labute approximate surface area is 184 Å². The van der Waals surface area contributed by atoms with E-state index in [4.69, 9.17) is 11.6 Å². The van der Waals surface area contributed by atoms with Crippen molar-refractivity contribution in [3.8, 4) is 0 Å². The van der Waals surface area contributed by atoms with E-state index in [1.165, 1.54) is 10.4 Å². The SMILES string of the molecule is CC(C)N1CCN(C(=O)C2CCC(N(C)S(=O)(=O)c3ccc(F)c(Cl)c3)CC2)CC1. The fourth-order valence-corrected chi connectivity index (χ4v) is 6.09. The second-order valence-corrected chi connectivity index (χ2v) is 11.0. The Morgan fingerprint density at radius 2 is 1.73 bits per heavy atom. The van der Waals surface area contributed by atoms with Crippen molar-refractivity contribution in [2.75, 3.05) is 33.2 Å². The molecule has 0 aromatic heterocycles. The summed E-state index contributed by atoms with van der Waals surface area (Å²) < 4.78 is 40.6. The molecular formula is C21H31ClFN3O3S. The van der Waals surface area contributed by atoms with Crippen LogP contribution in [0.25, 0.3) is 0 Å². The highest BCUT2D eigenvalue weighted by Crippen LogP contribution is 2.32. The number of benzene rings is 1. The lowest BCUT2D eigenvalue weighted by Crippen LogP contribution is -2.52. The van der Waals surface area contributed by atoms with Crippen molar-refractivity contribution in [2.24, 2.45) is 5.92 Å². The van der Waals surface area contributed by atoms with Gasteiger partial charge in [-0.1, -0.05) is 11.6 Å². The molecule has 0 atom stereocenters. The fraction of sp³-hybridized carbons (Fsp3) is 0.667. The molecule has 1 heterocycles. The van der Waals surface area contributed by atoms with Gasteiger partial charge in [0, 0.05) is 51.2 Å². The van der Waals surface area contributed by atoms with E-state index in [1.54, 1.807) is 7.05 Å². The zero-order valence-electron chi connectivity index (χ0n) is 17.9. The Morgan fingerprint density at radius 3 is 2.27 bits per heavy atom. The lowest BCUT2D eigenvalue weighted by Gasteiger charge is -2.40. The van der Waals surface area contributed by atoms with Crippen molar-refractivity contribution in [2.45, 2.75) is 56.5 Å². The number of rotatable bonds is 5. The van der Waals surface area contributed by atoms with Crippen LogP contribution >= 0.6 is 11.6 Å². The molecule has 1 aromatic carbocycles. The van der Waals surface area contributed by atoms with Gasteiger partial charge in [0.1, 0.15) is 5.82 Å². The Hall–Kier alpha value is -1.22. The van der Waals surface area contributed by atoms with E-state index in [9.17, 15) is 17.6 Å². The summed E-state index contributed by atoms with van der Waals surface area (Å²) in [6.45, 7) is 7.67. The second-order valence-electron chi connectivity index (χ2n) is 8.56. The Morgan fingerprint density at radius 1 is 1.13 bits per heavy atom. The van der Waals surface area contributed by atoms with E-state index < -0.39 is 15.8 Å². The molecule has 0 radical (unpaired) electrons. The molecule has 2 aliphatic rings. The van der Waals surface area contributed by atoms with Crippen molar-refractivity contribution in [1.82, 2.24) is 14.1 Å². The first-order chi connectivity index (χ1) is 14.1. The van der Waals surface area contributed by atoms with Crippen LogP contribution in [0.4, 0.5) is 4.39 Å². The summed E-state index contributed by atoms with van der Waals surface area (Å²) in [5, 5.41) is -0.212. The number of amides is 1. The summed E-state index contributed by atoms with van der Waals surface area (Å²) >= 11 is 5.76. The quantitative estimate of drug-likeness (QED) is 0.678. The van der Waals surface area contributed by atoms with Gasteiger partial charge in [-0.15, -0.1) is 0 Å². The Balaban J connectivity index is 1.57. The number of halogens is 2. The van der Waals surface area contributed by atoms with E-state index in [1.807, 2.05) is 4.90 Å². The molecule has 1 saturated heterocycles. The normalized spacial score (nSPS) is 23.9. The van der Waals surface area contributed by atoms with Crippen LogP contribution in [0, 0.1) is 11.7 Å². The second kappa shape index (κ2) is 9.51. The largest absolute Gasteiger partial charge is 0.340 e. The first-order valence-corrected chi connectivity index (χ1v) is 12.4. The van der Waals surface area contributed by atoms with Gasteiger partial charge in [0.25, 0.3) is 0 Å². The molecule has 168 valence electrons. The van der Waals surface area contributed by atoms with Crippen molar-refractivity contribution < 1.29 is 17.6 Å². The Kier molecular flexibility index (Phi) is 7.43. The lowest BCUT2D eigenvalue weighted by molar-refractivity contribution is -0.138. The van der Waals surface area contributed by atoms with Crippen molar-refractivity contribution in [3.05, 3.63) is 29.0 Å². The zero-order chi connectivity index (χ0) is 22.1. The number of sulfonamides is 1. The van der Waals surface area contributed by atoms with Gasteiger partial charge < -0.3 is 4.90 Å². The highest BCUT2D eigenvalue weighted by atomic mass is 35.5. The maximum absolute atomic E-state index is 13.4. The van der Waals surface area contributed by atoms with Crippen LogP contribution < -0.4 is 0 Å². The first kappa shape index (κ1) is 23.4. The molecule has 1 aliphatic carbocycles. The number of carbonyl (C=O) groups excluding carboxylic acids is 1. The summed E-state index contributed by atoms with van der Waals surface area (Å²) in [6.07, 6.45) is 2.62. The molecule has 1 saturated carbocycles. The molecular weight excluding hydrogens is 429 g/mol. The van der Waals surface area contributed by atoms with Crippen LogP contribution in [0.2, 0.25) is 5.02 Å². The van der Waals surface area contributed by atoms with Gasteiger partial charge in [-0.25, -0.2) is 12.8 Å². The van der Waals surface area contributed by atoms with Crippen LogP contribution in [0.1, 0.15) is 39.5 Å². The third kappa shape index (κ3) is 4.98. The average molecular weight is 460 g/mol. The summed E-state index contributed by atoms with van der Waals surface area (Å²) in [5.74, 6) is -0.484. The fourth-order valence-electron chi connectivity index (χ4n) is 4.40. The summed E-state index contributed by atoms with van der Waals surface area (Å²) in [6, 6.07) is 3.76. The molecule has 0 spiro atoms. The maximum atomic E-state index is 13.4. The van der Waals surface area contributed by atoms with Gasteiger partial charge in [0.2, 0.25) is 15.9 Å². The van der Waals surface area contributed by atoms with Crippen LogP contribution in [-0.4, -0.2) is 73.7 Å². The van der Waals surface area contributed by atoms with E-state index in [0.717, 1.165) is 38.3 Å². The van der Waals surface area contributed by atoms with E-state index in [-0.39, 0.29) is 27.8 Å². The molecule has 1 aromatic rings. The number of piperazine rings is 1. The molecule has 9 heteroatoms. The molecule has 3 rings (SSSR count). The maximum Gasteiger partial charge on any atom is 0.243 e. The summed E-state index contributed by atoms with van der Waals surface area (Å²) in [4.78, 5) is 17.2. The minimum atomic E-state index is -3.77. The third-order valence-corrected chi connectivity index (χ3v) is 8.68. The monoisotopic (exact) mass is 459 g/mol. The molecule has 1 amide bonds. The van der Waals surface area contributed by atoms with Crippen molar-refractivity contribution in [3.63, 3.8) is 0 Å². The molecule has 30 heavy (non-hydrogen) atoms. The predicted molar refractivity (Wildman–Crippen MR) is 115 cm³/mol. The molecule has 6 nitrogen and oxygen atoms in total. The molecule has 2 fully saturated rings. The van der Waals surface area contributed by atoms with Crippen LogP contribution in [0.5, 0.6) is 0 Å². The minimum Gasteiger partial charge on any atom is -0.340 e. The number of nitrogens with zero attached hydrogens (tertiary/aromatic N) is 3. The Bertz CT molecular complexity index is 864. The topological polar surface area (TPSA) is 60.9 Å². The zero-order valence-corrected chi connectivity index (χ0v) is 19.4. The van der Waals surface area contributed by atoms with Gasteiger partial charge in [-0.05, 0) is 57.7 Å². The van der Waals surface area contributed by atoms with E-state index in [2.05, 4.69) is 18.7 Å². The van der Waals surface area contributed by atoms with E-state index in [0.29, 0.717) is 31.7 Å². The van der Waals surface area contributed by atoms with Crippen LogP contribution in [0.3, 0.4) is 0 Å². The van der Waals surface area contributed by atoms with Crippen molar-refractivity contribution in [1.29, 1.82) is 0 Å². The van der Waals surface area contributed by atoms with Gasteiger partial charge >= 0.3 is 0 Å². The summed E-state index contributed by atoms with van der Waals surface area (Å²) in [7, 11) is -2.22. The summed E-state index contributed by atoms with van der Waals surface area (Å²) in [5.41, 5.74) is 0. The van der Waals surface area contributed by atoms with E-state index >= 15 is 0 Å². The van der Waals surface area contributed by atoms with Gasteiger partial charge in [0.05, 0.1) is 9.92 Å². The number of hydrogen-bond donors (Lipinski definition) is 0. The molecule has 0 N–H and O–H groups in total. The highest BCUT2D eigenvalue weighted by Gasteiger charge is 2.35. The number of hydrogen-bond acceptors (Lipinski definition) is 4. The van der Waals surface area contributed by atoms with Gasteiger partial charge in [-0.3, -0.25) is 9.69 Å². The highest BCUT2D eigenvalue weighted by molar-refractivity contribution is 7.89. The molecule has 0 bridgehead atoms. The molecule has 1 aliphatic heterocycles. The number of carbonyl (C=O) groups is 1. The van der Waals surface area contributed by atoms with Gasteiger partial charge in [-0.2, -0.15) is 4.31 Å².